The van der Waals surface area contributed by atoms with Crippen molar-refractivity contribution in [2.24, 2.45) is 0 Å². The summed E-state index contributed by atoms with van der Waals surface area (Å²) >= 11 is 5.20. The molecule has 1 aromatic heterocycles. The Morgan fingerprint density at radius 1 is 1.77 bits per heavy atom. The fourth-order valence-electron chi connectivity index (χ4n) is 1.09. The number of halogens is 1. The molecule has 1 unspecified atom stereocenters. The maximum Gasteiger partial charge on any atom is 0.0598 e. The quantitative estimate of drug-likeness (QED) is 0.795. The molecule has 72 valence electrons. The molecule has 1 rings (SSSR count). The van der Waals surface area contributed by atoms with E-state index < -0.39 is 0 Å². The molecule has 1 nitrogen and oxygen atoms in total. The van der Waals surface area contributed by atoms with Crippen molar-refractivity contribution in [2.75, 3.05) is 6.54 Å². The molecule has 0 aliphatic heterocycles. The van der Waals surface area contributed by atoms with Gasteiger partial charge in [-0.15, -0.1) is 17.9 Å². The van der Waals surface area contributed by atoms with E-state index in [1.165, 1.54) is 4.88 Å². The Bertz CT molecular complexity index is 270. The zero-order valence-corrected chi connectivity index (χ0v) is 10.1. The lowest BCUT2D eigenvalue weighted by atomic mass is 10.2. The van der Waals surface area contributed by atoms with E-state index in [0.717, 1.165) is 17.4 Å². The minimum Gasteiger partial charge on any atom is -0.306 e. The summed E-state index contributed by atoms with van der Waals surface area (Å²) in [5.74, 6) is 0. The summed E-state index contributed by atoms with van der Waals surface area (Å²) in [6.45, 7) is 7.03. The van der Waals surface area contributed by atoms with E-state index in [1.54, 1.807) is 11.3 Å². The van der Waals surface area contributed by atoms with Crippen LogP contribution in [0.15, 0.2) is 28.6 Å². The first-order chi connectivity index (χ1) is 6.27. The summed E-state index contributed by atoms with van der Waals surface area (Å²) in [5, 5.41) is 5.52. The molecule has 1 heterocycles. The van der Waals surface area contributed by atoms with Gasteiger partial charge in [0.05, 0.1) is 6.04 Å². The molecule has 0 saturated carbocycles. The molecule has 1 N–H and O–H groups in total. The van der Waals surface area contributed by atoms with Crippen molar-refractivity contribution in [3.8, 4) is 0 Å². The van der Waals surface area contributed by atoms with Crippen molar-refractivity contribution < 1.29 is 0 Å². The number of rotatable bonds is 5. The maximum atomic E-state index is 3.83. The molecule has 1 aromatic rings. The third-order valence-electron chi connectivity index (χ3n) is 1.74. The Morgan fingerprint density at radius 3 is 3.00 bits per heavy atom. The minimum atomic E-state index is 0.302. The number of hydrogen-bond donors (Lipinski definition) is 1. The summed E-state index contributed by atoms with van der Waals surface area (Å²) in [7, 11) is 0. The molecule has 0 aliphatic rings. The topological polar surface area (TPSA) is 12.0 Å². The van der Waals surface area contributed by atoms with Crippen LogP contribution in [0.25, 0.3) is 0 Å². The van der Waals surface area contributed by atoms with Gasteiger partial charge in [0.1, 0.15) is 0 Å². The van der Waals surface area contributed by atoms with E-state index in [2.05, 4.69) is 46.2 Å². The van der Waals surface area contributed by atoms with Gasteiger partial charge in [0.25, 0.3) is 0 Å². The second-order valence-corrected chi connectivity index (χ2v) is 4.69. The maximum absolute atomic E-state index is 3.83. The Morgan fingerprint density at radius 2 is 2.54 bits per heavy atom. The molecule has 0 saturated heterocycles. The molecule has 0 amide bonds. The Kier molecular flexibility index (Phi) is 4.70. The van der Waals surface area contributed by atoms with Crippen LogP contribution in [0.5, 0.6) is 0 Å². The van der Waals surface area contributed by atoms with Crippen molar-refractivity contribution in [3.05, 3.63) is 33.5 Å². The predicted molar refractivity (Wildman–Crippen MR) is 63.3 cm³/mol. The van der Waals surface area contributed by atoms with Gasteiger partial charge in [-0.1, -0.05) is 13.0 Å². The highest BCUT2D eigenvalue weighted by Crippen LogP contribution is 2.25. The van der Waals surface area contributed by atoms with Gasteiger partial charge in [0.2, 0.25) is 0 Å². The molecular formula is C10H14BrNS. The zero-order chi connectivity index (χ0) is 9.68. The van der Waals surface area contributed by atoms with Crippen molar-refractivity contribution in [1.82, 2.24) is 5.32 Å². The summed E-state index contributed by atoms with van der Waals surface area (Å²) in [6.07, 6.45) is 3.10. The van der Waals surface area contributed by atoms with Gasteiger partial charge in [-0.2, -0.15) is 0 Å². The van der Waals surface area contributed by atoms with E-state index in [0.29, 0.717) is 6.04 Å². The zero-order valence-electron chi connectivity index (χ0n) is 7.72. The predicted octanol–water partition coefficient (Wildman–Crippen LogP) is 3.74. The first kappa shape index (κ1) is 11.0. The average molecular weight is 260 g/mol. The SMILES string of the molecule is C=CC(NCCC)c1cc(Br)cs1. The van der Waals surface area contributed by atoms with Gasteiger partial charge in [-0.3, -0.25) is 0 Å². The molecule has 0 fully saturated rings. The van der Waals surface area contributed by atoms with Crippen LogP contribution in [0, 0.1) is 0 Å². The highest BCUT2D eigenvalue weighted by Gasteiger charge is 2.07. The molecule has 0 bridgehead atoms. The standard InChI is InChI=1S/C10H14BrNS/c1-3-5-12-9(4-2)10-6-8(11)7-13-10/h4,6-7,9,12H,2-3,5H2,1H3. The lowest BCUT2D eigenvalue weighted by Crippen LogP contribution is -2.19. The molecule has 0 radical (unpaired) electrons. The third kappa shape index (κ3) is 3.25. The lowest BCUT2D eigenvalue weighted by Gasteiger charge is -2.11. The molecule has 3 heteroatoms. The van der Waals surface area contributed by atoms with Crippen LogP contribution in [0.1, 0.15) is 24.3 Å². The monoisotopic (exact) mass is 259 g/mol. The van der Waals surface area contributed by atoms with Crippen LogP contribution in [0.3, 0.4) is 0 Å². The first-order valence-corrected chi connectivity index (χ1v) is 6.05. The number of hydrogen-bond acceptors (Lipinski definition) is 2. The molecule has 13 heavy (non-hydrogen) atoms. The van der Waals surface area contributed by atoms with E-state index in [9.17, 15) is 0 Å². The van der Waals surface area contributed by atoms with Crippen LogP contribution in [0.2, 0.25) is 0 Å². The average Bonchev–Trinajstić information content (AvgIpc) is 2.54. The second kappa shape index (κ2) is 5.58. The molecule has 0 aliphatic carbocycles. The van der Waals surface area contributed by atoms with E-state index in [-0.39, 0.29) is 0 Å². The van der Waals surface area contributed by atoms with Crippen LogP contribution >= 0.6 is 27.3 Å². The van der Waals surface area contributed by atoms with Crippen LogP contribution < -0.4 is 5.32 Å². The van der Waals surface area contributed by atoms with Gasteiger partial charge >= 0.3 is 0 Å². The smallest absolute Gasteiger partial charge is 0.0598 e. The third-order valence-corrected chi connectivity index (χ3v) is 3.52. The lowest BCUT2D eigenvalue weighted by molar-refractivity contribution is 0.621. The van der Waals surface area contributed by atoms with E-state index >= 15 is 0 Å². The normalized spacial score (nSPS) is 12.8. The highest BCUT2D eigenvalue weighted by atomic mass is 79.9. The van der Waals surface area contributed by atoms with Crippen LogP contribution in [0.4, 0.5) is 0 Å². The van der Waals surface area contributed by atoms with Crippen molar-refractivity contribution in [1.29, 1.82) is 0 Å². The van der Waals surface area contributed by atoms with E-state index in [4.69, 9.17) is 0 Å². The molecule has 1 atom stereocenters. The summed E-state index contributed by atoms with van der Waals surface area (Å²) < 4.78 is 1.15. The summed E-state index contributed by atoms with van der Waals surface area (Å²) in [6, 6.07) is 2.44. The van der Waals surface area contributed by atoms with E-state index in [1.807, 2.05) is 6.08 Å². The van der Waals surface area contributed by atoms with Gasteiger partial charge in [-0.05, 0) is 35.0 Å². The Balaban J connectivity index is 2.61. The molecule has 0 spiro atoms. The van der Waals surface area contributed by atoms with Gasteiger partial charge in [-0.25, -0.2) is 0 Å². The fraction of sp³-hybridized carbons (Fsp3) is 0.400. The largest absolute Gasteiger partial charge is 0.306 e. The van der Waals surface area contributed by atoms with Crippen LogP contribution in [-0.2, 0) is 0 Å². The molecular weight excluding hydrogens is 246 g/mol. The van der Waals surface area contributed by atoms with Crippen molar-refractivity contribution in [3.63, 3.8) is 0 Å². The highest BCUT2D eigenvalue weighted by molar-refractivity contribution is 9.10. The van der Waals surface area contributed by atoms with Gasteiger partial charge in [0, 0.05) is 14.7 Å². The van der Waals surface area contributed by atoms with Crippen molar-refractivity contribution in [2.45, 2.75) is 19.4 Å². The Labute approximate surface area is 92.0 Å². The first-order valence-electron chi connectivity index (χ1n) is 4.37. The fourth-order valence-corrected chi connectivity index (χ4v) is 2.61. The van der Waals surface area contributed by atoms with Gasteiger partial charge < -0.3 is 5.32 Å². The second-order valence-electron chi connectivity index (χ2n) is 2.83. The van der Waals surface area contributed by atoms with Crippen molar-refractivity contribution >= 4 is 27.3 Å². The number of thiophene rings is 1. The minimum absolute atomic E-state index is 0.302. The Hall–Kier alpha value is -0.120. The van der Waals surface area contributed by atoms with Gasteiger partial charge in [0.15, 0.2) is 0 Å². The summed E-state index contributed by atoms with van der Waals surface area (Å²) in [4.78, 5) is 1.32. The summed E-state index contributed by atoms with van der Waals surface area (Å²) in [5.41, 5.74) is 0. The van der Waals surface area contributed by atoms with Crippen LogP contribution in [-0.4, -0.2) is 6.54 Å². The number of nitrogens with one attached hydrogen (secondary N) is 1. The molecule has 0 aromatic carbocycles.